The largest absolute Gasteiger partial charge is 0.396 e. The van der Waals surface area contributed by atoms with Crippen LogP contribution in [-0.4, -0.2) is 30.0 Å². The van der Waals surface area contributed by atoms with Crippen molar-refractivity contribution in [2.75, 3.05) is 18.2 Å². The van der Waals surface area contributed by atoms with Crippen molar-refractivity contribution in [2.24, 2.45) is 5.92 Å². The maximum absolute atomic E-state index is 11.8. The van der Waals surface area contributed by atoms with E-state index in [1.807, 2.05) is 42.7 Å². The lowest BCUT2D eigenvalue weighted by atomic mass is 10.1. The quantitative estimate of drug-likeness (QED) is 0.585. The maximum atomic E-state index is 11.8. The van der Waals surface area contributed by atoms with E-state index in [1.54, 1.807) is 11.8 Å². The number of amides is 2. The van der Waals surface area contributed by atoms with E-state index in [9.17, 15) is 4.79 Å². The van der Waals surface area contributed by atoms with Gasteiger partial charge in [0.2, 0.25) is 0 Å². The van der Waals surface area contributed by atoms with Crippen LogP contribution in [0.2, 0.25) is 0 Å². The van der Waals surface area contributed by atoms with E-state index in [0.29, 0.717) is 0 Å². The first kappa shape index (κ1) is 14.0. The molecule has 2 amide bonds. The molecule has 2 rings (SSSR count). The minimum atomic E-state index is -0.217. The minimum Gasteiger partial charge on any atom is -0.396 e. The molecule has 0 saturated carbocycles. The Labute approximate surface area is 117 Å². The number of carbonyl (C=O) groups is 1. The molecule has 0 aromatic heterocycles. The van der Waals surface area contributed by atoms with E-state index in [2.05, 4.69) is 10.6 Å². The highest BCUT2D eigenvalue weighted by molar-refractivity contribution is 7.98. The van der Waals surface area contributed by atoms with Crippen LogP contribution in [0.3, 0.4) is 0 Å². The Balaban J connectivity index is 1.82. The summed E-state index contributed by atoms with van der Waals surface area (Å²) in [5.41, 5.74) is 0.774. The van der Waals surface area contributed by atoms with Gasteiger partial charge in [0.1, 0.15) is 0 Å². The summed E-state index contributed by atoms with van der Waals surface area (Å²) >= 11 is 1.66. The van der Waals surface area contributed by atoms with E-state index in [0.717, 1.165) is 17.0 Å². The van der Waals surface area contributed by atoms with Gasteiger partial charge in [0, 0.05) is 29.1 Å². The highest BCUT2D eigenvalue weighted by Gasteiger charge is 2.19. The first-order valence-corrected chi connectivity index (χ1v) is 7.44. The molecule has 1 aromatic rings. The standard InChI is InChI=1S/C14H18N2O2S/c1-19-13-6-4-11(5-7-13)15-14(18)16-12-3-2-10(8-12)9-17/h2-7,10,12,17H,8-9H2,1H3,(H2,15,16,18)/t10-,12+/m0/s1. The zero-order chi connectivity index (χ0) is 13.7. The van der Waals surface area contributed by atoms with Gasteiger partial charge in [-0.25, -0.2) is 4.79 Å². The molecule has 0 aliphatic heterocycles. The number of nitrogens with one attached hydrogen (secondary N) is 2. The number of anilines is 1. The zero-order valence-corrected chi connectivity index (χ0v) is 11.6. The molecule has 2 atom stereocenters. The molecule has 4 nitrogen and oxygen atoms in total. The van der Waals surface area contributed by atoms with Gasteiger partial charge >= 0.3 is 6.03 Å². The number of aliphatic hydroxyl groups is 1. The number of rotatable bonds is 4. The van der Waals surface area contributed by atoms with Crippen molar-refractivity contribution in [3.05, 3.63) is 36.4 Å². The van der Waals surface area contributed by atoms with E-state index in [4.69, 9.17) is 5.11 Å². The molecular formula is C14H18N2O2S. The van der Waals surface area contributed by atoms with Crippen molar-refractivity contribution >= 4 is 23.5 Å². The Hall–Kier alpha value is -1.46. The SMILES string of the molecule is CSc1ccc(NC(=O)N[C@@H]2C=C[C@H](CO)C2)cc1. The monoisotopic (exact) mass is 278 g/mol. The molecule has 1 aliphatic rings. The van der Waals surface area contributed by atoms with E-state index >= 15 is 0 Å². The minimum absolute atomic E-state index is 0.00243. The number of urea groups is 1. The van der Waals surface area contributed by atoms with Crippen molar-refractivity contribution in [3.63, 3.8) is 0 Å². The fourth-order valence-electron chi connectivity index (χ4n) is 2.03. The van der Waals surface area contributed by atoms with Crippen LogP contribution in [0, 0.1) is 5.92 Å². The highest BCUT2D eigenvalue weighted by Crippen LogP contribution is 2.19. The topological polar surface area (TPSA) is 61.4 Å². The van der Waals surface area contributed by atoms with Crippen LogP contribution in [0.1, 0.15) is 6.42 Å². The van der Waals surface area contributed by atoms with Crippen molar-refractivity contribution in [2.45, 2.75) is 17.4 Å². The molecule has 5 heteroatoms. The smallest absolute Gasteiger partial charge is 0.319 e. The van der Waals surface area contributed by atoms with Crippen LogP contribution in [0.5, 0.6) is 0 Å². The third-order valence-corrected chi connectivity index (χ3v) is 3.81. The highest BCUT2D eigenvalue weighted by atomic mass is 32.2. The molecule has 3 N–H and O–H groups in total. The molecular weight excluding hydrogens is 260 g/mol. The van der Waals surface area contributed by atoms with Crippen molar-refractivity contribution in [1.29, 1.82) is 0 Å². The molecule has 19 heavy (non-hydrogen) atoms. The van der Waals surface area contributed by atoms with Crippen molar-refractivity contribution in [1.82, 2.24) is 5.32 Å². The predicted molar refractivity (Wildman–Crippen MR) is 78.5 cm³/mol. The number of thioether (sulfide) groups is 1. The zero-order valence-electron chi connectivity index (χ0n) is 10.8. The second-order valence-corrected chi connectivity index (χ2v) is 5.38. The molecule has 0 spiro atoms. The third kappa shape index (κ3) is 4.01. The Bertz CT molecular complexity index is 459. The first-order valence-electron chi connectivity index (χ1n) is 6.22. The molecule has 0 radical (unpaired) electrons. The van der Waals surface area contributed by atoms with Crippen LogP contribution in [0.4, 0.5) is 10.5 Å². The Morgan fingerprint density at radius 2 is 2.11 bits per heavy atom. The molecule has 0 unspecified atom stereocenters. The lowest BCUT2D eigenvalue weighted by Crippen LogP contribution is -2.36. The summed E-state index contributed by atoms with van der Waals surface area (Å²) in [6.07, 6.45) is 6.64. The second kappa shape index (κ2) is 6.63. The normalized spacial score (nSPS) is 21.4. The molecule has 1 aromatic carbocycles. The summed E-state index contributed by atoms with van der Waals surface area (Å²) in [4.78, 5) is 13.0. The van der Waals surface area contributed by atoms with Gasteiger partial charge in [-0.15, -0.1) is 11.8 Å². The Kier molecular flexibility index (Phi) is 4.87. The number of benzene rings is 1. The Morgan fingerprint density at radius 3 is 2.68 bits per heavy atom. The van der Waals surface area contributed by atoms with Gasteiger partial charge in [0.25, 0.3) is 0 Å². The van der Waals surface area contributed by atoms with Gasteiger partial charge in [-0.1, -0.05) is 12.2 Å². The summed E-state index contributed by atoms with van der Waals surface area (Å²) in [7, 11) is 0. The fraction of sp³-hybridized carbons (Fsp3) is 0.357. The molecule has 0 fully saturated rings. The molecule has 0 saturated heterocycles. The van der Waals surface area contributed by atoms with Crippen LogP contribution in [0.15, 0.2) is 41.3 Å². The molecule has 1 aliphatic carbocycles. The van der Waals surface area contributed by atoms with Crippen LogP contribution >= 0.6 is 11.8 Å². The van der Waals surface area contributed by atoms with Gasteiger partial charge in [-0.2, -0.15) is 0 Å². The second-order valence-electron chi connectivity index (χ2n) is 4.50. The van der Waals surface area contributed by atoms with E-state index < -0.39 is 0 Å². The third-order valence-electron chi connectivity index (χ3n) is 3.07. The lowest BCUT2D eigenvalue weighted by molar-refractivity contribution is 0.238. The molecule has 0 heterocycles. The van der Waals surface area contributed by atoms with Gasteiger partial charge in [0.05, 0.1) is 0 Å². The summed E-state index contributed by atoms with van der Waals surface area (Å²) < 4.78 is 0. The lowest BCUT2D eigenvalue weighted by Gasteiger charge is -2.13. The van der Waals surface area contributed by atoms with Crippen LogP contribution in [-0.2, 0) is 0 Å². The van der Waals surface area contributed by atoms with Crippen molar-refractivity contribution in [3.8, 4) is 0 Å². The first-order chi connectivity index (χ1) is 9.21. The van der Waals surface area contributed by atoms with Crippen LogP contribution < -0.4 is 10.6 Å². The van der Waals surface area contributed by atoms with E-state index in [1.165, 1.54) is 0 Å². The Morgan fingerprint density at radius 1 is 1.37 bits per heavy atom. The van der Waals surface area contributed by atoms with E-state index in [-0.39, 0.29) is 24.6 Å². The predicted octanol–water partition coefficient (Wildman–Crippen LogP) is 2.47. The average Bonchev–Trinajstić information content (AvgIpc) is 2.87. The van der Waals surface area contributed by atoms with Crippen molar-refractivity contribution < 1.29 is 9.90 Å². The van der Waals surface area contributed by atoms with Gasteiger partial charge in [0.15, 0.2) is 0 Å². The summed E-state index contributed by atoms with van der Waals surface area (Å²) in [6, 6.07) is 7.49. The summed E-state index contributed by atoms with van der Waals surface area (Å²) in [6.45, 7) is 0.131. The van der Waals surface area contributed by atoms with Gasteiger partial charge in [-0.3, -0.25) is 0 Å². The summed E-state index contributed by atoms with van der Waals surface area (Å²) in [5, 5.41) is 14.7. The molecule has 0 bridgehead atoms. The number of hydrogen-bond donors (Lipinski definition) is 3. The number of aliphatic hydroxyl groups excluding tert-OH is 1. The van der Waals surface area contributed by atoms with Crippen LogP contribution in [0.25, 0.3) is 0 Å². The van der Waals surface area contributed by atoms with Gasteiger partial charge in [-0.05, 0) is 36.9 Å². The maximum Gasteiger partial charge on any atom is 0.319 e. The van der Waals surface area contributed by atoms with Gasteiger partial charge < -0.3 is 15.7 Å². The average molecular weight is 278 g/mol. The number of carbonyl (C=O) groups excluding carboxylic acids is 1. The molecule has 102 valence electrons. The fourth-order valence-corrected chi connectivity index (χ4v) is 2.44. The number of hydrogen-bond acceptors (Lipinski definition) is 3. The summed E-state index contributed by atoms with van der Waals surface area (Å²) in [5.74, 6) is 0.158.